The van der Waals surface area contributed by atoms with E-state index in [1.807, 2.05) is 6.92 Å². The zero-order valence-corrected chi connectivity index (χ0v) is 10.7. The highest BCUT2D eigenvalue weighted by Crippen LogP contribution is 2.32. The van der Waals surface area contributed by atoms with Crippen molar-refractivity contribution in [2.45, 2.75) is 19.3 Å². The first-order valence-electron chi connectivity index (χ1n) is 5.97. The van der Waals surface area contributed by atoms with Gasteiger partial charge in [0.05, 0.1) is 5.69 Å². The van der Waals surface area contributed by atoms with Gasteiger partial charge in [-0.1, -0.05) is 12.1 Å². The van der Waals surface area contributed by atoms with Gasteiger partial charge in [-0.25, -0.2) is 0 Å². The minimum atomic E-state index is -4.71. The fourth-order valence-corrected chi connectivity index (χ4v) is 1.77. The molecule has 1 atom stereocenters. The van der Waals surface area contributed by atoms with Crippen LogP contribution in [-0.4, -0.2) is 11.3 Å². The highest BCUT2D eigenvalue weighted by Gasteiger charge is 2.32. The molecule has 1 aromatic heterocycles. The van der Waals surface area contributed by atoms with Crippen LogP contribution in [0.4, 0.5) is 18.9 Å². The molecule has 0 fully saturated rings. The summed E-state index contributed by atoms with van der Waals surface area (Å²) in [5.41, 5.74) is 1.20. The second-order valence-electron chi connectivity index (χ2n) is 4.19. The number of alkyl halides is 3. The average molecular weight is 282 g/mol. The van der Waals surface area contributed by atoms with Gasteiger partial charge in [0.15, 0.2) is 5.75 Å². The van der Waals surface area contributed by atoms with Crippen LogP contribution < -0.4 is 10.1 Å². The van der Waals surface area contributed by atoms with Crippen LogP contribution in [0.25, 0.3) is 0 Å². The number of hydrogen-bond acceptors (Lipinski definition) is 3. The summed E-state index contributed by atoms with van der Waals surface area (Å²) < 4.78 is 41.0. The van der Waals surface area contributed by atoms with Gasteiger partial charge >= 0.3 is 6.36 Å². The zero-order chi connectivity index (χ0) is 14.6. The molecule has 3 nitrogen and oxygen atoms in total. The predicted octanol–water partition coefficient (Wildman–Crippen LogP) is 4.15. The maximum Gasteiger partial charge on any atom is 0.573 e. The highest BCUT2D eigenvalue weighted by atomic mass is 19.4. The second kappa shape index (κ2) is 5.81. The van der Waals surface area contributed by atoms with Crippen molar-refractivity contribution >= 4 is 5.69 Å². The molecule has 2 rings (SSSR count). The molecule has 0 amide bonds. The van der Waals surface area contributed by atoms with Crippen LogP contribution in [0.2, 0.25) is 0 Å². The number of halogens is 3. The van der Waals surface area contributed by atoms with Gasteiger partial charge in [-0.3, -0.25) is 4.98 Å². The topological polar surface area (TPSA) is 34.1 Å². The van der Waals surface area contributed by atoms with Crippen LogP contribution >= 0.6 is 0 Å². The first-order chi connectivity index (χ1) is 9.46. The standard InChI is InChI=1S/C14H13F3N2O/c1-10(11-6-8-18-9-7-11)19-12-4-2-3-5-13(12)20-14(15,16)17/h2-10,19H,1H3. The molecule has 0 saturated carbocycles. The lowest BCUT2D eigenvalue weighted by Crippen LogP contribution is -2.18. The Morgan fingerprint density at radius 1 is 1.10 bits per heavy atom. The summed E-state index contributed by atoms with van der Waals surface area (Å²) in [5, 5.41) is 3.00. The van der Waals surface area contributed by atoms with E-state index in [2.05, 4.69) is 15.0 Å². The Hall–Kier alpha value is -2.24. The Morgan fingerprint density at radius 2 is 1.75 bits per heavy atom. The minimum absolute atomic E-state index is 0.170. The number of anilines is 1. The van der Waals surface area contributed by atoms with Crippen molar-refractivity contribution in [1.29, 1.82) is 0 Å². The van der Waals surface area contributed by atoms with Gasteiger partial charge in [0.1, 0.15) is 0 Å². The van der Waals surface area contributed by atoms with Gasteiger partial charge in [0.25, 0.3) is 0 Å². The minimum Gasteiger partial charge on any atom is -0.404 e. The van der Waals surface area contributed by atoms with Crippen molar-refractivity contribution in [2.24, 2.45) is 0 Å². The van der Waals surface area contributed by atoms with E-state index < -0.39 is 6.36 Å². The lowest BCUT2D eigenvalue weighted by Gasteiger charge is -2.19. The number of hydrogen-bond donors (Lipinski definition) is 1. The van der Waals surface area contributed by atoms with Gasteiger partial charge < -0.3 is 10.1 Å². The lowest BCUT2D eigenvalue weighted by atomic mass is 10.1. The van der Waals surface area contributed by atoms with Crippen molar-refractivity contribution in [2.75, 3.05) is 5.32 Å². The van der Waals surface area contributed by atoms with Crippen LogP contribution in [0.15, 0.2) is 48.8 Å². The monoisotopic (exact) mass is 282 g/mol. The van der Waals surface area contributed by atoms with E-state index in [9.17, 15) is 13.2 Å². The average Bonchev–Trinajstić information content (AvgIpc) is 2.40. The Balaban J connectivity index is 2.17. The molecule has 1 N–H and O–H groups in total. The molecule has 1 aromatic carbocycles. The third kappa shape index (κ3) is 3.88. The number of aromatic nitrogens is 1. The molecule has 0 aliphatic heterocycles. The van der Waals surface area contributed by atoms with Gasteiger partial charge in [-0.05, 0) is 36.8 Å². The Kier molecular flexibility index (Phi) is 4.12. The molecule has 1 unspecified atom stereocenters. The SMILES string of the molecule is CC(Nc1ccccc1OC(F)(F)F)c1ccncc1. The Morgan fingerprint density at radius 3 is 2.40 bits per heavy atom. The third-order valence-electron chi connectivity index (χ3n) is 2.69. The van der Waals surface area contributed by atoms with E-state index >= 15 is 0 Å². The summed E-state index contributed by atoms with van der Waals surface area (Å²) in [6.07, 6.45) is -1.45. The van der Waals surface area contributed by atoms with Crippen molar-refractivity contribution in [3.63, 3.8) is 0 Å². The predicted molar refractivity (Wildman–Crippen MR) is 69.4 cm³/mol. The van der Waals surface area contributed by atoms with E-state index in [1.165, 1.54) is 12.1 Å². The maximum atomic E-state index is 12.3. The number of benzene rings is 1. The van der Waals surface area contributed by atoms with Crippen LogP contribution in [0.3, 0.4) is 0 Å². The molecule has 1 heterocycles. The van der Waals surface area contributed by atoms with E-state index in [-0.39, 0.29) is 17.5 Å². The summed E-state index contributed by atoms with van der Waals surface area (Å²) in [6, 6.07) is 9.37. The smallest absolute Gasteiger partial charge is 0.404 e. The number of para-hydroxylation sites is 2. The van der Waals surface area contributed by atoms with Gasteiger partial charge in [0.2, 0.25) is 0 Å². The van der Waals surface area contributed by atoms with Crippen molar-refractivity contribution in [1.82, 2.24) is 4.98 Å². The molecular weight excluding hydrogens is 269 g/mol. The Bertz CT molecular complexity index is 558. The summed E-state index contributed by atoms with van der Waals surface area (Å²) in [7, 11) is 0. The fourth-order valence-electron chi connectivity index (χ4n) is 1.77. The summed E-state index contributed by atoms with van der Waals surface area (Å²) >= 11 is 0. The van der Waals surface area contributed by atoms with Gasteiger partial charge in [0, 0.05) is 18.4 Å². The zero-order valence-electron chi connectivity index (χ0n) is 10.7. The number of nitrogens with one attached hydrogen (secondary N) is 1. The lowest BCUT2D eigenvalue weighted by molar-refractivity contribution is -0.274. The first kappa shape index (κ1) is 14.2. The second-order valence-corrected chi connectivity index (χ2v) is 4.19. The molecule has 0 bridgehead atoms. The normalized spacial score (nSPS) is 12.8. The van der Waals surface area contributed by atoms with Crippen LogP contribution in [0.5, 0.6) is 5.75 Å². The first-order valence-corrected chi connectivity index (χ1v) is 5.97. The number of nitrogens with zero attached hydrogens (tertiary/aromatic N) is 1. The van der Waals surface area contributed by atoms with E-state index in [4.69, 9.17) is 0 Å². The molecule has 2 aromatic rings. The Labute approximate surface area is 114 Å². The summed E-state index contributed by atoms with van der Waals surface area (Å²) in [4.78, 5) is 3.90. The van der Waals surface area contributed by atoms with Crippen molar-refractivity contribution in [3.05, 3.63) is 54.4 Å². The van der Waals surface area contributed by atoms with E-state index in [0.717, 1.165) is 5.56 Å². The number of pyridine rings is 1. The molecular formula is C14H13F3N2O. The molecule has 0 spiro atoms. The van der Waals surface area contributed by atoms with Gasteiger partial charge in [-0.15, -0.1) is 13.2 Å². The van der Waals surface area contributed by atoms with Crippen molar-refractivity contribution < 1.29 is 17.9 Å². The summed E-state index contributed by atoms with van der Waals surface area (Å²) in [6.45, 7) is 1.85. The van der Waals surface area contributed by atoms with E-state index in [1.54, 1.807) is 36.7 Å². The molecule has 0 radical (unpaired) electrons. The largest absolute Gasteiger partial charge is 0.573 e. The van der Waals surface area contributed by atoms with Crippen molar-refractivity contribution in [3.8, 4) is 5.75 Å². The van der Waals surface area contributed by atoms with Crippen LogP contribution in [0, 0.1) is 0 Å². The molecule has 0 saturated heterocycles. The van der Waals surface area contributed by atoms with Crippen LogP contribution in [-0.2, 0) is 0 Å². The molecule has 0 aliphatic rings. The summed E-state index contributed by atoms with van der Waals surface area (Å²) in [5.74, 6) is -0.249. The number of ether oxygens (including phenoxy) is 1. The van der Waals surface area contributed by atoms with Crippen LogP contribution in [0.1, 0.15) is 18.5 Å². The molecule has 0 aliphatic carbocycles. The maximum absolute atomic E-state index is 12.3. The number of rotatable bonds is 4. The highest BCUT2D eigenvalue weighted by molar-refractivity contribution is 5.57. The quantitative estimate of drug-likeness (QED) is 0.914. The van der Waals surface area contributed by atoms with Gasteiger partial charge in [-0.2, -0.15) is 0 Å². The molecule has 6 heteroatoms. The third-order valence-corrected chi connectivity index (χ3v) is 2.69. The molecule has 20 heavy (non-hydrogen) atoms. The van der Waals surface area contributed by atoms with E-state index in [0.29, 0.717) is 0 Å². The molecule has 106 valence electrons. The fraction of sp³-hybridized carbons (Fsp3) is 0.214.